The lowest BCUT2D eigenvalue weighted by atomic mass is 10.1. The lowest BCUT2D eigenvalue weighted by Crippen LogP contribution is -2.52. The summed E-state index contributed by atoms with van der Waals surface area (Å²) in [5, 5.41) is 3.23. The van der Waals surface area contributed by atoms with E-state index in [0.29, 0.717) is 35.0 Å². The van der Waals surface area contributed by atoms with Gasteiger partial charge in [0.1, 0.15) is 18.3 Å². The number of sulfonamides is 1. The van der Waals surface area contributed by atoms with E-state index >= 15 is 0 Å². The highest BCUT2D eigenvalue weighted by Crippen LogP contribution is 2.26. The van der Waals surface area contributed by atoms with E-state index in [-0.39, 0.29) is 12.5 Å². The van der Waals surface area contributed by atoms with Crippen molar-refractivity contribution in [1.29, 1.82) is 0 Å². The van der Waals surface area contributed by atoms with E-state index < -0.39 is 28.5 Å². The number of anilines is 1. The lowest BCUT2D eigenvalue weighted by Gasteiger charge is -2.33. The van der Waals surface area contributed by atoms with Gasteiger partial charge in [-0.15, -0.1) is 0 Å². The zero-order chi connectivity index (χ0) is 25.5. The molecule has 2 amide bonds. The minimum atomic E-state index is -3.80. The number of aryl methyl sites for hydroxylation is 1. The largest absolute Gasteiger partial charge is 0.497 e. The van der Waals surface area contributed by atoms with Crippen molar-refractivity contribution in [2.75, 3.05) is 30.8 Å². The van der Waals surface area contributed by atoms with Gasteiger partial charge in [-0.25, -0.2) is 8.42 Å². The average Bonchev–Trinajstić information content (AvgIpc) is 2.77. The number of amides is 2. The Bertz CT molecular complexity index is 1110. The minimum Gasteiger partial charge on any atom is -0.497 e. The number of likely N-dealkylation sites (N-methyl/N-ethyl adjacent to an activating group) is 1. The zero-order valence-corrected chi connectivity index (χ0v) is 21.7. The molecule has 0 aliphatic rings. The molecule has 2 aromatic carbocycles. The molecule has 0 saturated carbocycles. The topological polar surface area (TPSA) is 96.0 Å². The average molecular weight is 510 g/mol. The van der Waals surface area contributed by atoms with Crippen LogP contribution in [0.1, 0.15) is 31.4 Å². The molecule has 0 aromatic heterocycles. The summed E-state index contributed by atoms with van der Waals surface area (Å²) in [6.07, 6.45) is 1.41. The number of halogens is 1. The highest BCUT2D eigenvalue weighted by Gasteiger charge is 2.31. The zero-order valence-electron chi connectivity index (χ0n) is 20.2. The van der Waals surface area contributed by atoms with Crippen molar-refractivity contribution in [3.8, 4) is 5.75 Å². The van der Waals surface area contributed by atoms with Crippen molar-refractivity contribution >= 4 is 39.1 Å². The van der Waals surface area contributed by atoms with E-state index in [9.17, 15) is 18.0 Å². The van der Waals surface area contributed by atoms with Crippen molar-refractivity contribution in [2.24, 2.45) is 0 Å². The molecule has 0 bridgehead atoms. The summed E-state index contributed by atoms with van der Waals surface area (Å²) in [6, 6.07) is 11.2. The Kier molecular flexibility index (Phi) is 9.76. The first kappa shape index (κ1) is 27.5. The monoisotopic (exact) mass is 509 g/mol. The van der Waals surface area contributed by atoms with Gasteiger partial charge < -0.3 is 15.0 Å². The highest BCUT2D eigenvalue weighted by atomic mass is 35.5. The molecule has 8 nitrogen and oxygen atoms in total. The number of rotatable bonds is 11. The van der Waals surface area contributed by atoms with Gasteiger partial charge in [0.05, 0.1) is 19.1 Å². The third-order valence-electron chi connectivity index (χ3n) is 5.36. The van der Waals surface area contributed by atoms with Crippen LogP contribution in [-0.2, 0) is 26.2 Å². The Morgan fingerprint density at radius 1 is 1.12 bits per heavy atom. The summed E-state index contributed by atoms with van der Waals surface area (Å²) in [7, 11) is -2.24. The second kappa shape index (κ2) is 12.1. The molecule has 186 valence electrons. The summed E-state index contributed by atoms with van der Waals surface area (Å²) in [6.45, 7) is 5.44. The van der Waals surface area contributed by atoms with E-state index in [4.69, 9.17) is 16.3 Å². The van der Waals surface area contributed by atoms with Gasteiger partial charge in [-0.2, -0.15) is 0 Å². The van der Waals surface area contributed by atoms with Crippen molar-refractivity contribution in [1.82, 2.24) is 10.2 Å². The van der Waals surface area contributed by atoms with Crippen LogP contribution in [-0.4, -0.2) is 57.6 Å². The number of carbonyl (C=O) groups excluding carboxylic acids is 2. The van der Waals surface area contributed by atoms with E-state index in [2.05, 4.69) is 5.32 Å². The van der Waals surface area contributed by atoms with Crippen LogP contribution in [0.4, 0.5) is 5.69 Å². The van der Waals surface area contributed by atoms with Gasteiger partial charge in [-0.1, -0.05) is 30.7 Å². The van der Waals surface area contributed by atoms with Crippen molar-refractivity contribution in [2.45, 2.75) is 39.8 Å². The van der Waals surface area contributed by atoms with Crippen LogP contribution in [0.25, 0.3) is 0 Å². The molecule has 34 heavy (non-hydrogen) atoms. The molecule has 0 fully saturated rings. The first-order chi connectivity index (χ1) is 16.0. The van der Waals surface area contributed by atoms with E-state index in [1.807, 2.05) is 6.92 Å². The molecule has 2 rings (SSSR count). The van der Waals surface area contributed by atoms with Gasteiger partial charge in [0, 0.05) is 18.1 Å². The maximum Gasteiger partial charge on any atom is 0.244 e. The summed E-state index contributed by atoms with van der Waals surface area (Å²) < 4.78 is 31.6. The van der Waals surface area contributed by atoms with Gasteiger partial charge in [0.15, 0.2) is 0 Å². The normalized spacial score (nSPS) is 12.1. The lowest BCUT2D eigenvalue weighted by molar-refractivity contribution is -0.140. The summed E-state index contributed by atoms with van der Waals surface area (Å²) in [5.41, 5.74) is 1.75. The Balaban J connectivity index is 2.45. The molecule has 1 atom stereocenters. The third-order valence-corrected chi connectivity index (χ3v) is 6.72. The fourth-order valence-corrected chi connectivity index (χ4v) is 4.77. The number of nitrogens with zero attached hydrogens (tertiary/aromatic N) is 2. The first-order valence-electron chi connectivity index (χ1n) is 11.0. The first-order valence-corrected chi connectivity index (χ1v) is 13.2. The minimum absolute atomic E-state index is 0.135. The SMILES string of the molecule is CCNC(=O)[C@H](CC)N(Cc1ccc(OC)cc1)C(=O)CN(c1ccc(Cl)cc1C)S(C)(=O)=O. The number of hydrogen-bond acceptors (Lipinski definition) is 5. The summed E-state index contributed by atoms with van der Waals surface area (Å²) in [4.78, 5) is 27.8. The molecule has 0 aliphatic carbocycles. The van der Waals surface area contributed by atoms with Crippen LogP contribution in [0.15, 0.2) is 42.5 Å². The molecule has 10 heteroatoms. The molecule has 2 aromatic rings. The van der Waals surface area contributed by atoms with E-state index in [1.54, 1.807) is 63.4 Å². The molecule has 0 aliphatic heterocycles. The highest BCUT2D eigenvalue weighted by molar-refractivity contribution is 7.92. The van der Waals surface area contributed by atoms with Gasteiger partial charge in [0.25, 0.3) is 0 Å². The molecule has 0 radical (unpaired) electrons. The predicted molar refractivity (Wildman–Crippen MR) is 135 cm³/mol. The number of hydrogen-bond donors (Lipinski definition) is 1. The molecular weight excluding hydrogens is 478 g/mol. The number of methoxy groups -OCH3 is 1. The van der Waals surface area contributed by atoms with Gasteiger partial charge >= 0.3 is 0 Å². The number of ether oxygens (including phenoxy) is 1. The van der Waals surface area contributed by atoms with Crippen LogP contribution >= 0.6 is 11.6 Å². The second-order valence-electron chi connectivity index (χ2n) is 7.89. The molecule has 0 saturated heterocycles. The fourth-order valence-electron chi connectivity index (χ4n) is 3.63. The van der Waals surface area contributed by atoms with Gasteiger partial charge in [-0.05, 0) is 61.7 Å². The quantitative estimate of drug-likeness (QED) is 0.501. The van der Waals surface area contributed by atoms with E-state index in [0.717, 1.165) is 16.1 Å². The maximum absolute atomic E-state index is 13.6. The molecular formula is C24H32ClN3O5S. The van der Waals surface area contributed by atoms with E-state index in [1.165, 1.54) is 4.90 Å². The Morgan fingerprint density at radius 2 is 1.76 bits per heavy atom. The van der Waals surface area contributed by atoms with Crippen molar-refractivity contribution in [3.05, 3.63) is 58.6 Å². The van der Waals surface area contributed by atoms with Crippen LogP contribution < -0.4 is 14.4 Å². The third kappa shape index (κ3) is 7.11. The van der Waals surface area contributed by atoms with Crippen LogP contribution in [0.3, 0.4) is 0 Å². The summed E-state index contributed by atoms with van der Waals surface area (Å²) in [5.74, 6) is -0.118. The van der Waals surface area contributed by atoms with Crippen molar-refractivity contribution in [3.63, 3.8) is 0 Å². The van der Waals surface area contributed by atoms with Gasteiger partial charge in [-0.3, -0.25) is 13.9 Å². The summed E-state index contributed by atoms with van der Waals surface area (Å²) >= 11 is 6.03. The second-order valence-corrected chi connectivity index (χ2v) is 10.2. The van der Waals surface area contributed by atoms with Gasteiger partial charge in [0.2, 0.25) is 21.8 Å². The van der Waals surface area contributed by atoms with Crippen LogP contribution in [0.5, 0.6) is 5.75 Å². The van der Waals surface area contributed by atoms with Crippen LogP contribution in [0.2, 0.25) is 5.02 Å². The number of carbonyl (C=O) groups is 2. The Labute approximate surface area is 206 Å². The Hall–Kier alpha value is -2.78. The maximum atomic E-state index is 13.6. The van der Waals surface area contributed by atoms with Crippen LogP contribution in [0, 0.1) is 6.92 Å². The number of benzene rings is 2. The standard InChI is InChI=1S/C24H32ClN3O5S/c1-6-21(24(30)26-7-2)27(15-18-8-11-20(33-4)12-9-18)23(29)16-28(34(5,31)32)22-13-10-19(25)14-17(22)3/h8-14,21H,6-7,15-16H2,1-5H3,(H,26,30)/t21-/m0/s1. The fraction of sp³-hybridized carbons (Fsp3) is 0.417. The van der Waals surface area contributed by atoms with Crippen molar-refractivity contribution < 1.29 is 22.7 Å². The molecule has 0 unspecified atom stereocenters. The Morgan fingerprint density at radius 3 is 2.26 bits per heavy atom. The molecule has 0 heterocycles. The molecule has 0 spiro atoms. The smallest absolute Gasteiger partial charge is 0.244 e. The number of nitrogens with one attached hydrogen (secondary N) is 1. The molecule has 1 N–H and O–H groups in total. The predicted octanol–water partition coefficient (Wildman–Crippen LogP) is 3.37.